The normalized spacial score (nSPS) is 14.0. The molecule has 3 rings (SSSR count). The summed E-state index contributed by atoms with van der Waals surface area (Å²) in [5, 5.41) is 0. The van der Waals surface area contributed by atoms with Crippen molar-refractivity contribution in [1.82, 2.24) is 0 Å². The van der Waals surface area contributed by atoms with Gasteiger partial charge >= 0.3 is 0 Å². The van der Waals surface area contributed by atoms with E-state index >= 15 is 0 Å². The summed E-state index contributed by atoms with van der Waals surface area (Å²) in [6, 6.07) is 24.1. The SMILES string of the molecule is CCCC(C)=C(CCC(C)C(C)C(=O)c1cccc(Oc2ccccc2)c1)c1ccc(S(C)(=O)=O)cc1. The van der Waals surface area contributed by atoms with Crippen molar-refractivity contribution in [2.45, 2.75) is 58.3 Å². The van der Waals surface area contributed by atoms with Crippen molar-refractivity contribution >= 4 is 21.2 Å². The minimum Gasteiger partial charge on any atom is -0.457 e. The Morgan fingerprint density at radius 3 is 2.11 bits per heavy atom. The minimum atomic E-state index is -3.23. The number of sulfone groups is 1. The Bertz CT molecular complexity index is 1320. The summed E-state index contributed by atoms with van der Waals surface area (Å²) in [7, 11) is -3.23. The maximum absolute atomic E-state index is 13.3. The smallest absolute Gasteiger partial charge is 0.175 e. The van der Waals surface area contributed by atoms with Gasteiger partial charge in [-0.15, -0.1) is 0 Å². The zero-order chi connectivity index (χ0) is 27.0. The number of rotatable bonds is 12. The van der Waals surface area contributed by atoms with Crippen LogP contribution >= 0.6 is 0 Å². The standard InChI is InChI=1S/C32H38O4S/c1-6-11-24(3)31(26-17-19-30(20-18-26)37(5,34)35)21-16-23(2)25(4)32(33)27-12-10-15-29(22-27)36-28-13-8-7-9-14-28/h7-10,12-15,17-20,22-23,25H,6,11,16,21H2,1-5H3. The van der Waals surface area contributed by atoms with Crippen LogP contribution in [0.5, 0.6) is 11.5 Å². The maximum Gasteiger partial charge on any atom is 0.175 e. The van der Waals surface area contributed by atoms with Crippen molar-refractivity contribution in [3.63, 3.8) is 0 Å². The van der Waals surface area contributed by atoms with Crippen molar-refractivity contribution in [3.8, 4) is 11.5 Å². The highest BCUT2D eigenvalue weighted by Gasteiger charge is 2.23. The van der Waals surface area contributed by atoms with Crippen LogP contribution in [-0.4, -0.2) is 20.5 Å². The molecule has 0 aliphatic carbocycles. The lowest BCUT2D eigenvalue weighted by Gasteiger charge is -2.21. The van der Waals surface area contributed by atoms with E-state index in [2.05, 4.69) is 20.8 Å². The van der Waals surface area contributed by atoms with Crippen LogP contribution in [0.1, 0.15) is 69.3 Å². The van der Waals surface area contributed by atoms with Gasteiger partial charge in [0.1, 0.15) is 11.5 Å². The van der Waals surface area contributed by atoms with E-state index in [0.29, 0.717) is 16.2 Å². The molecule has 196 valence electrons. The molecule has 3 aromatic rings. The summed E-state index contributed by atoms with van der Waals surface area (Å²) in [5.41, 5.74) is 4.26. The highest BCUT2D eigenvalue weighted by atomic mass is 32.2. The quantitative estimate of drug-likeness (QED) is 0.226. The number of ketones is 1. The molecule has 0 radical (unpaired) electrons. The Morgan fingerprint density at radius 1 is 0.838 bits per heavy atom. The third-order valence-electron chi connectivity index (χ3n) is 6.99. The number of benzene rings is 3. The summed E-state index contributed by atoms with van der Waals surface area (Å²) in [5.74, 6) is 1.52. The number of hydrogen-bond donors (Lipinski definition) is 0. The molecule has 4 nitrogen and oxygen atoms in total. The van der Waals surface area contributed by atoms with Crippen LogP contribution < -0.4 is 4.74 Å². The second kappa shape index (κ2) is 12.9. The first kappa shape index (κ1) is 28.4. The van der Waals surface area contributed by atoms with E-state index in [4.69, 9.17) is 4.74 Å². The monoisotopic (exact) mass is 518 g/mol. The molecule has 37 heavy (non-hydrogen) atoms. The molecule has 2 unspecified atom stereocenters. The number of hydrogen-bond acceptors (Lipinski definition) is 4. The van der Waals surface area contributed by atoms with Gasteiger partial charge in [0, 0.05) is 17.7 Å². The third kappa shape index (κ3) is 7.90. The first-order chi connectivity index (χ1) is 17.6. The second-order valence-electron chi connectivity index (χ2n) is 9.92. The molecular formula is C32H38O4S. The molecule has 0 aromatic heterocycles. The van der Waals surface area contributed by atoms with Gasteiger partial charge in [0.2, 0.25) is 0 Å². The molecule has 2 atom stereocenters. The Hall–Kier alpha value is -3.18. The van der Waals surface area contributed by atoms with Crippen LogP contribution in [-0.2, 0) is 9.84 Å². The third-order valence-corrected chi connectivity index (χ3v) is 8.11. The van der Waals surface area contributed by atoms with Crippen LogP contribution in [0.15, 0.2) is 89.3 Å². The Balaban J connectivity index is 1.71. The topological polar surface area (TPSA) is 60.4 Å². The highest BCUT2D eigenvalue weighted by Crippen LogP contribution is 2.32. The van der Waals surface area contributed by atoms with Crippen molar-refractivity contribution in [2.24, 2.45) is 11.8 Å². The summed E-state index contributed by atoms with van der Waals surface area (Å²) < 4.78 is 29.7. The molecule has 0 aliphatic rings. The molecule has 0 spiro atoms. The fourth-order valence-electron chi connectivity index (χ4n) is 4.51. The van der Waals surface area contributed by atoms with Crippen LogP contribution in [0.4, 0.5) is 0 Å². The van der Waals surface area contributed by atoms with Gasteiger partial charge in [0.25, 0.3) is 0 Å². The maximum atomic E-state index is 13.3. The molecular weight excluding hydrogens is 480 g/mol. The zero-order valence-electron chi connectivity index (χ0n) is 22.5. The van der Waals surface area contributed by atoms with Crippen molar-refractivity contribution in [1.29, 1.82) is 0 Å². The molecule has 5 heteroatoms. The molecule has 0 bridgehead atoms. The van der Waals surface area contributed by atoms with E-state index in [1.807, 2.05) is 73.7 Å². The number of carbonyl (C=O) groups excluding carboxylic acids is 1. The summed E-state index contributed by atoms with van der Waals surface area (Å²) >= 11 is 0. The lowest BCUT2D eigenvalue weighted by Crippen LogP contribution is -2.19. The van der Waals surface area contributed by atoms with Crippen LogP contribution in [0.3, 0.4) is 0 Å². The number of carbonyl (C=O) groups is 1. The van der Waals surface area contributed by atoms with Crippen molar-refractivity contribution in [2.75, 3.05) is 6.26 Å². The molecule has 0 fully saturated rings. The fourth-order valence-corrected chi connectivity index (χ4v) is 5.14. The number of para-hydroxylation sites is 1. The van der Waals surface area contributed by atoms with Crippen LogP contribution in [0.2, 0.25) is 0 Å². The highest BCUT2D eigenvalue weighted by molar-refractivity contribution is 7.90. The average Bonchev–Trinajstić information content (AvgIpc) is 2.88. The van der Waals surface area contributed by atoms with E-state index in [1.54, 1.807) is 12.1 Å². The summed E-state index contributed by atoms with van der Waals surface area (Å²) in [6.07, 6.45) is 4.95. The molecule has 3 aromatic carbocycles. The first-order valence-electron chi connectivity index (χ1n) is 13.0. The van der Waals surface area contributed by atoms with Crippen molar-refractivity contribution < 1.29 is 17.9 Å². The van der Waals surface area contributed by atoms with Gasteiger partial charge in [0.05, 0.1) is 4.90 Å². The van der Waals surface area contributed by atoms with Gasteiger partial charge in [-0.1, -0.05) is 75.2 Å². The van der Waals surface area contributed by atoms with E-state index in [-0.39, 0.29) is 17.6 Å². The van der Waals surface area contributed by atoms with Crippen molar-refractivity contribution in [3.05, 3.63) is 95.6 Å². The molecule has 0 N–H and O–H groups in total. The van der Waals surface area contributed by atoms with Gasteiger partial charge in [-0.05, 0) is 79.6 Å². The van der Waals surface area contributed by atoms with Gasteiger partial charge in [0.15, 0.2) is 15.6 Å². The zero-order valence-corrected chi connectivity index (χ0v) is 23.3. The molecule has 0 saturated heterocycles. The molecule has 0 amide bonds. The van der Waals surface area contributed by atoms with Gasteiger partial charge in [-0.3, -0.25) is 4.79 Å². The van der Waals surface area contributed by atoms with E-state index in [0.717, 1.165) is 37.0 Å². The second-order valence-corrected chi connectivity index (χ2v) is 11.9. The van der Waals surface area contributed by atoms with Crippen LogP contribution in [0, 0.1) is 11.8 Å². The predicted octanol–water partition coefficient (Wildman–Crippen LogP) is 8.39. The van der Waals surface area contributed by atoms with E-state index in [1.165, 1.54) is 17.4 Å². The van der Waals surface area contributed by atoms with Gasteiger partial charge in [-0.25, -0.2) is 8.42 Å². The van der Waals surface area contributed by atoms with E-state index in [9.17, 15) is 13.2 Å². The lowest BCUT2D eigenvalue weighted by atomic mass is 9.83. The van der Waals surface area contributed by atoms with Gasteiger partial charge in [-0.2, -0.15) is 0 Å². The first-order valence-corrected chi connectivity index (χ1v) is 14.9. The summed E-state index contributed by atoms with van der Waals surface area (Å²) in [4.78, 5) is 13.7. The number of Topliss-reactive ketones (excluding diaryl/α,β-unsaturated/α-hetero) is 1. The minimum absolute atomic E-state index is 0.110. The van der Waals surface area contributed by atoms with Gasteiger partial charge < -0.3 is 4.74 Å². The molecule has 0 saturated carbocycles. The molecule has 0 heterocycles. The fraction of sp³-hybridized carbons (Fsp3) is 0.344. The lowest BCUT2D eigenvalue weighted by molar-refractivity contribution is 0.0889. The largest absolute Gasteiger partial charge is 0.457 e. The summed E-state index contributed by atoms with van der Waals surface area (Å²) in [6.45, 7) is 8.45. The predicted molar refractivity (Wildman–Crippen MR) is 152 cm³/mol. The Kier molecular flexibility index (Phi) is 9.87. The average molecular weight is 519 g/mol. The Morgan fingerprint density at radius 2 is 1.49 bits per heavy atom. The van der Waals surface area contributed by atoms with Crippen LogP contribution in [0.25, 0.3) is 5.57 Å². The van der Waals surface area contributed by atoms with E-state index < -0.39 is 9.84 Å². The Labute approximate surface area is 222 Å². The number of ether oxygens (including phenoxy) is 1. The molecule has 0 aliphatic heterocycles. The number of allylic oxidation sites excluding steroid dienone is 2.